The molecule has 17 heavy (non-hydrogen) atoms. The van der Waals surface area contributed by atoms with E-state index in [-0.39, 0.29) is 0 Å². The monoisotopic (exact) mass is 234 g/mol. The minimum absolute atomic E-state index is 0.714. The van der Waals surface area contributed by atoms with E-state index in [1.54, 1.807) is 0 Å². The predicted octanol–water partition coefficient (Wildman–Crippen LogP) is 1.56. The molecular weight excluding hydrogens is 216 g/mol. The maximum Gasteiger partial charge on any atom is 0.139 e. The van der Waals surface area contributed by atoms with Gasteiger partial charge in [0.25, 0.3) is 0 Å². The molecule has 2 aromatic rings. The molecule has 0 aromatic carbocycles. The summed E-state index contributed by atoms with van der Waals surface area (Å²) >= 11 is 0. The van der Waals surface area contributed by atoms with Crippen molar-refractivity contribution in [3.8, 4) is 0 Å². The van der Waals surface area contributed by atoms with Crippen molar-refractivity contribution in [2.24, 2.45) is 0 Å². The van der Waals surface area contributed by atoms with E-state index in [4.69, 9.17) is 4.52 Å². The molecule has 0 amide bonds. The van der Waals surface area contributed by atoms with Gasteiger partial charge in [0.15, 0.2) is 0 Å². The van der Waals surface area contributed by atoms with Crippen molar-refractivity contribution in [1.82, 2.24) is 20.3 Å². The van der Waals surface area contributed by atoms with Crippen molar-refractivity contribution >= 4 is 0 Å². The summed E-state index contributed by atoms with van der Waals surface area (Å²) in [4.78, 5) is 0. The molecular formula is C12H18N4O. The minimum atomic E-state index is 0.714. The molecule has 0 spiro atoms. The van der Waals surface area contributed by atoms with Crippen molar-refractivity contribution < 1.29 is 4.52 Å². The summed E-state index contributed by atoms with van der Waals surface area (Å²) in [6.07, 6.45) is 0. The average molecular weight is 234 g/mol. The Morgan fingerprint density at radius 2 is 2.12 bits per heavy atom. The molecule has 0 radical (unpaired) electrons. The fraction of sp³-hybridized carbons (Fsp3) is 0.500. The first kappa shape index (κ1) is 11.9. The molecule has 5 nitrogen and oxygen atoms in total. The van der Waals surface area contributed by atoms with Crippen LogP contribution in [0.4, 0.5) is 0 Å². The predicted molar refractivity (Wildman–Crippen MR) is 64.8 cm³/mol. The zero-order valence-corrected chi connectivity index (χ0v) is 10.7. The molecule has 2 rings (SSSR count). The number of nitrogens with one attached hydrogen (secondary N) is 1. The molecule has 0 atom stereocenters. The van der Waals surface area contributed by atoms with E-state index in [0.717, 1.165) is 28.4 Å². The molecule has 1 N–H and O–H groups in total. The van der Waals surface area contributed by atoms with Crippen LogP contribution in [-0.4, -0.2) is 22.0 Å². The Balaban J connectivity index is 2.29. The number of aryl methyl sites for hydroxylation is 3. The van der Waals surface area contributed by atoms with Gasteiger partial charge in [-0.1, -0.05) is 5.16 Å². The van der Waals surface area contributed by atoms with Gasteiger partial charge in [0.05, 0.1) is 12.2 Å². The first-order valence-corrected chi connectivity index (χ1v) is 5.71. The third-order valence-electron chi connectivity index (χ3n) is 2.82. The van der Waals surface area contributed by atoms with Crippen LogP contribution in [-0.2, 0) is 13.1 Å². The van der Waals surface area contributed by atoms with Crippen LogP contribution < -0.4 is 5.32 Å². The van der Waals surface area contributed by atoms with E-state index in [2.05, 4.69) is 28.6 Å². The van der Waals surface area contributed by atoms with Crippen LogP contribution in [0.25, 0.3) is 0 Å². The van der Waals surface area contributed by atoms with E-state index < -0.39 is 0 Å². The summed E-state index contributed by atoms with van der Waals surface area (Å²) < 4.78 is 7.22. The van der Waals surface area contributed by atoms with E-state index >= 15 is 0 Å². The molecule has 0 aliphatic carbocycles. The Kier molecular flexibility index (Phi) is 3.28. The average Bonchev–Trinajstić information content (AvgIpc) is 2.76. The summed E-state index contributed by atoms with van der Waals surface area (Å²) in [5, 5.41) is 11.6. The van der Waals surface area contributed by atoms with Crippen molar-refractivity contribution in [2.75, 3.05) is 7.05 Å². The first-order chi connectivity index (χ1) is 8.11. The fourth-order valence-electron chi connectivity index (χ4n) is 1.93. The quantitative estimate of drug-likeness (QED) is 0.872. The maximum atomic E-state index is 5.24. The Bertz CT molecular complexity index is 513. The topological polar surface area (TPSA) is 55.9 Å². The van der Waals surface area contributed by atoms with Crippen molar-refractivity contribution in [1.29, 1.82) is 0 Å². The van der Waals surface area contributed by atoms with Crippen LogP contribution in [0.2, 0.25) is 0 Å². The van der Waals surface area contributed by atoms with Gasteiger partial charge in [-0.2, -0.15) is 5.10 Å². The van der Waals surface area contributed by atoms with Crippen molar-refractivity contribution in [2.45, 2.75) is 33.9 Å². The Morgan fingerprint density at radius 3 is 2.71 bits per heavy atom. The molecule has 2 aromatic heterocycles. The fourth-order valence-corrected chi connectivity index (χ4v) is 1.93. The third-order valence-corrected chi connectivity index (χ3v) is 2.82. The lowest BCUT2D eigenvalue weighted by Crippen LogP contribution is -2.11. The zero-order valence-electron chi connectivity index (χ0n) is 10.7. The normalized spacial score (nSPS) is 11.1. The van der Waals surface area contributed by atoms with Crippen LogP contribution in [0, 0.1) is 20.8 Å². The van der Waals surface area contributed by atoms with Gasteiger partial charge < -0.3 is 9.84 Å². The van der Waals surface area contributed by atoms with Crippen molar-refractivity contribution in [3.63, 3.8) is 0 Å². The first-order valence-electron chi connectivity index (χ1n) is 5.71. The van der Waals surface area contributed by atoms with Crippen LogP contribution >= 0.6 is 0 Å². The Morgan fingerprint density at radius 1 is 1.35 bits per heavy atom. The molecule has 92 valence electrons. The van der Waals surface area contributed by atoms with Crippen LogP contribution in [0.15, 0.2) is 10.6 Å². The van der Waals surface area contributed by atoms with Gasteiger partial charge in [-0.3, -0.25) is 4.68 Å². The van der Waals surface area contributed by atoms with Gasteiger partial charge in [-0.25, -0.2) is 0 Å². The molecule has 0 saturated carbocycles. The SMILES string of the molecule is CNCc1noc(C)c1Cn1nc(C)cc1C. The molecule has 2 heterocycles. The van der Waals surface area contributed by atoms with E-state index in [1.165, 1.54) is 0 Å². The second-order valence-corrected chi connectivity index (χ2v) is 4.28. The van der Waals surface area contributed by atoms with E-state index in [9.17, 15) is 0 Å². The highest BCUT2D eigenvalue weighted by Crippen LogP contribution is 2.16. The molecule has 5 heteroatoms. The number of hydrogen-bond acceptors (Lipinski definition) is 4. The maximum absolute atomic E-state index is 5.24. The number of aromatic nitrogens is 3. The van der Waals surface area contributed by atoms with Gasteiger partial charge >= 0.3 is 0 Å². The molecule has 0 unspecified atom stereocenters. The van der Waals surface area contributed by atoms with Crippen molar-refractivity contribution in [3.05, 3.63) is 34.5 Å². The van der Waals surface area contributed by atoms with Gasteiger partial charge in [0.2, 0.25) is 0 Å². The van der Waals surface area contributed by atoms with Gasteiger partial charge in [0.1, 0.15) is 11.5 Å². The van der Waals surface area contributed by atoms with Gasteiger partial charge in [-0.05, 0) is 33.9 Å². The highest BCUT2D eigenvalue weighted by Gasteiger charge is 2.14. The highest BCUT2D eigenvalue weighted by atomic mass is 16.5. The summed E-state index contributed by atoms with van der Waals surface area (Å²) in [6, 6.07) is 2.07. The zero-order chi connectivity index (χ0) is 12.4. The number of hydrogen-bond donors (Lipinski definition) is 1. The van der Waals surface area contributed by atoms with Gasteiger partial charge in [0, 0.05) is 17.8 Å². The van der Waals surface area contributed by atoms with Crippen LogP contribution in [0.3, 0.4) is 0 Å². The molecule has 0 aliphatic rings. The largest absolute Gasteiger partial charge is 0.361 e. The summed E-state index contributed by atoms with van der Waals surface area (Å²) in [7, 11) is 1.90. The molecule has 0 fully saturated rings. The second-order valence-electron chi connectivity index (χ2n) is 4.28. The Hall–Kier alpha value is -1.62. The smallest absolute Gasteiger partial charge is 0.139 e. The summed E-state index contributed by atoms with van der Waals surface area (Å²) in [5.74, 6) is 0.864. The lowest BCUT2D eigenvalue weighted by Gasteiger charge is -2.05. The minimum Gasteiger partial charge on any atom is -0.361 e. The Labute approximate surface area is 101 Å². The molecule has 0 saturated heterocycles. The highest BCUT2D eigenvalue weighted by molar-refractivity contribution is 5.23. The van der Waals surface area contributed by atoms with E-state index in [0.29, 0.717) is 13.1 Å². The molecule has 0 aliphatic heterocycles. The number of nitrogens with zero attached hydrogens (tertiary/aromatic N) is 3. The summed E-state index contributed by atoms with van der Waals surface area (Å²) in [5.41, 5.74) is 4.26. The van der Waals surface area contributed by atoms with E-state index in [1.807, 2.05) is 25.6 Å². The third kappa shape index (κ3) is 2.39. The second kappa shape index (κ2) is 4.71. The number of rotatable bonds is 4. The van der Waals surface area contributed by atoms with Crippen LogP contribution in [0.1, 0.15) is 28.4 Å². The van der Waals surface area contributed by atoms with Crippen LogP contribution in [0.5, 0.6) is 0 Å². The molecule has 0 bridgehead atoms. The van der Waals surface area contributed by atoms with Gasteiger partial charge in [-0.15, -0.1) is 0 Å². The lowest BCUT2D eigenvalue weighted by molar-refractivity contribution is 0.388. The summed E-state index contributed by atoms with van der Waals surface area (Å²) in [6.45, 7) is 7.42. The standard InChI is InChI=1S/C12H18N4O/c1-8-5-9(2)16(14-8)7-11-10(3)17-15-12(11)6-13-4/h5,13H,6-7H2,1-4H3. The lowest BCUT2D eigenvalue weighted by atomic mass is 10.2.